The lowest BCUT2D eigenvalue weighted by Gasteiger charge is -2.17. The van der Waals surface area contributed by atoms with Crippen molar-refractivity contribution in [2.75, 3.05) is 13.6 Å². The van der Waals surface area contributed by atoms with E-state index in [1.165, 1.54) is 16.9 Å². The molecule has 150 valence electrons. The molecule has 0 saturated carbocycles. The zero-order chi connectivity index (χ0) is 20.2. The van der Waals surface area contributed by atoms with E-state index in [4.69, 9.17) is 4.42 Å². The molecule has 7 heteroatoms. The van der Waals surface area contributed by atoms with Gasteiger partial charge in [0, 0.05) is 31.7 Å². The summed E-state index contributed by atoms with van der Waals surface area (Å²) in [4.78, 5) is 20.3. The summed E-state index contributed by atoms with van der Waals surface area (Å²) in [5, 5.41) is 5.35. The van der Waals surface area contributed by atoms with Gasteiger partial charge in [0.25, 0.3) is 5.91 Å². The van der Waals surface area contributed by atoms with Gasteiger partial charge < -0.3 is 14.6 Å². The first kappa shape index (κ1) is 19.4. The summed E-state index contributed by atoms with van der Waals surface area (Å²) < 4.78 is 7.60. The lowest BCUT2D eigenvalue weighted by atomic mass is 10.1. The number of nitrogens with one attached hydrogen (secondary N) is 1. The molecule has 1 amide bonds. The Morgan fingerprint density at radius 2 is 2.03 bits per heavy atom. The Morgan fingerprint density at radius 1 is 1.21 bits per heavy atom. The number of aryl methyl sites for hydroxylation is 1. The molecule has 0 aliphatic heterocycles. The largest absolute Gasteiger partial charge is 0.465 e. The van der Waals surface area contributed by atoms with E-state index < -0.39 is 0 Å². The molecule has 0 unspecified atom stereocenters. The van der Waals surface area contributed by atoms with Crippen molar-refractivity contribution < 1.29 is 9.21 Å². The van der Waals surface area contributed by atoms with Crippen LogP contribution in [0, 0.1) is 6.92 Å². The molecule has 0 radical (unpaired) electrons. The van der Waals surface area contributed by atoms with Crippen LogP contribution in [0.25, 0.3) is 4.96 Å². The van der Waals surface area contributed by atoms with Gasteiger partial charge in [-0.15, -0.1) is 11.3 Å². The number of aromatic nitrogens is 2. The number of furan rings is 1. The van der Waals surface area contributed by atoms with Gasteiger partial charge >= 0.3 is 0 Å². The Balaban J connectivity index is 1.46. The minimum absolute atomic E-state index is 0.0533. The monoisotopic (exact) mass is 408 g/mol. The molecular formula is C22H24N4O2S. The second kappa shape index (κ2) is 8.63. The molecule has 0 fully saturated rings. The minimum Gasteiger partial charge on any atom is -0.465 e. The number of imidazole rings is 1. The Hall–Kier alpha value is -2.90. The third kappa shape index (κ3) is 4.41. The average molecular weight is 409 g/mol. The van der Waals surface area contributed by atoms with Crippen molar-refractivity contribution in [3.63, 3.8) is 0 Å². The van der Waals surface area contributed by atoms with E-state index in [2.05, 4.69) is 22.4 Å². The summed E-state index contributed by atoms with van der Waals surface area (Å²) in [7, 11) is 1.83. The van der Waals surface area contributed by atoms with Crippen LogP contribution in [0.3, 0.4) is 0 Å². The minimum atomic E-state index is -0.0533. The Morgan fingerprint density at radius 3 is 2.79 bits per heavy atom. The van der Waals surface area contributed by atoms with Crippen molar-refractivity contribution in [2.45, 2.75) is 26.4 Å². The summed E-state index contributed by atoms with van der Waals surface area (Å²) in [6.07, 6.45) is 2.78. The number of hydrogen-bond donors (Lipinski definition) is 1. The number of nitrogens with zero attached hydrogens (tertiary/aromatic N) is 3. The topological polar surface area (TPSA) is 62.8 Å². The number of likely N-dealkylation sites (N-methyl/N-ethyl adjacent to an activating group) is 1. The van der Waals surface area contributed by atoms with E-state index in [9.17, 15) is 4.79 Å². The number of hydrogen-bond acceptors (Lipinski definition) is 5. The fraction of sp³-hybridized carbons (Fsp3) is 0.273. The fourth-order valence-electron chi connectivity index (χ4n) is 3.28. The van der Waals surface area contributed by atoms with Crippen molar-refractivity contribution in [2.24, 2.45) is 0 Å². The number of carbonyl (C=O) groups is 1. The van der Waals surface area contributed by atoms with E-state index in [0.717, 1.165) is 28.6 Å². The molecule has 3 heterocycles. The van der Waals surface area contributed by atoms with Gasteiger partial charge in [-0.2, -0.15) is 0 Å². The van der Waals surface area contributed by atoms with Crippen LogP contribution in [-0.2, 0) is 19.5 Å². The lowest BCUT2D eigenvalue weighted by Crippen LogP contribution is -2.30. The molecule has 0 bridgehead atoms. The highest BCUT2D eigenvalue weighted by Crippen LogP contribution is 2.19. The molecule has 4 aromatic rings. The highest BCUT2D eigenvalue weighted by atomic mass is 32.1. The Bertz CT molecular complexity index is 1100. The SMILES string of the molecule is Cc1ccc(CNCc2c(C(=O)N(C)CCc3ccccc3)nc3sccn23)o1. The number of amides is 1. The average Bonchev–Trinajstić information content (AvgIpc) is 3.43. The molecule has 0 atom stereocenters. The quantitative estimate of drug-likeness (QED) is 0.480. The van der Waals surface area contributed by atoms with E-state index in [0.29, 0.717) is 25.3 Å². The van der Waals surface area contributed by atoms with Gasteiger partial charge in [-0.1, -0.05) is 30.3 Å². The molecule has 1 aromatic carbocycles. The maximum atomic E-state index is 13.1. The van der Waals surface area contributed by atoms with Crippen LogP contribution in [0.15, 0.2) is 58.5 Å². The Kier molecular flexibility index (Phi) is 5.78. The van der Waals surface area contributed by atoms with E-state index >= 15 is 0 Å². The predicted molar refractivity (Wildman–Crippen MR) is 114 cm³/mol. The summed E-state index contributed by atoms with van der Waals surface area (Å²) in [6.45, 7) is 3.71. The highest BCUT2D eigenvalue weighted by molar-refractivity contribution is 7.15. The van der Waals surface area contributed by atoms with Crippen molar-refractivity contribution in [3.8, 4) is 0 Å². The van der Waals surface area contributed by atoms with Gasteiger partial charge in [0.2, 0.25) is 0 Å². The maximum Gasteiger partial charge on any atom is 0.274 e. The molecule has 6 nitrogen and oxygen atoms in total. The molecule has 0 saturated heterocycles. The van der Waals surface area contributed by atoms with Gasteiger partial charge in [-0.25, -0.2) is 4.98 Å². The van der Waals surface area contributed by atoms with Crippen LogP contribution in [0.5, 0.6) is 0 Å². The van der Waals surface area contributed by atoms with Crippen molar-refractivity contribution >= 4 is 22.2 Å². The predicted octanol–water partition coefficient (Wildman–Crippen LogP) is 3.90. The molecule has 1 N–H and O–H groups in total. The van der Waals surface area contributed by atoms with Gasteiger partial charge in [0.1, 0.15) is 11.5 Å². The first-order valence-corrected chi connectivity index (χ1v) is 10.5. The van der Waals surface area contributed by atoms with Gasteiger partial charge in [-0.3, -0.25) is 9.20 Å². The third-order valence-electron chi connectivity index (χ3n) is 4.88. The third-order valence-corrected chi connectivity index (χ3v) is 5.63. The van der Waals surface area contributed by atoms with E-state index in [1.54, 1.807) is 4.90 Å². The molecule has 4 rings (SSSR count). The first-order chi connectivity index (χ1) is 14.1. The highest BCUT2D eigenvalue weighted by Gasteiger charge is 2.22. The normalized spacial score (nSPS) is 11.2. The van der Waals surface area contributed by atoms with Crippen molar-refractivity contribution in [1.29, 1.82) is 0 Å². The van der Waals surface area contributed by atoms with Crippen LogP contribution in [-0.4, -0.2) is 33.8 Å². The number of benzene rings is 1. The first-order valence-electron chi connectivity index (χ1n) is 9.61. The van der Waals surface area contributed by atoms with Crippen LogP contribution >= 0.6 is 11.3 Å². The summed E-state index contributed by atoms with van der Waals surface area (Å²) in [5.74, 6) is 1.71. The van der Waals surface area contributed by atoms with Gasteiger partial charge in [0.05, 0.1) is 12.2 Å². The lowest BCUT2D eigenvalue weighted by molar-refractivity contribution is 0.0790. The summed E-state index contributed by atoms with van der Waals surface area (Å²) in [5.41, 5.74) is 2.60. The Labute approximate surface area is 173 Å². The number of carbonyl (C=O) groups excluding carboxylic acids is 1. The summed E-state index contributed by atoms with van der Waals surface area (Å²) in [6, 6.07) is 14.1. The molecular weight excluding hydrogens is 384 g/mol. The standard InChI is InChI=1S/C22H24N4O2S/c1-16-8-9-18(28-16)14-23-15-19-20(24-22-26(19)12-13-29-22)21(27)25(2)11-10-17-6-4-3-5-7-17/h3-9,12-13,23H,10-11,14-15H2,1-2H3. The van der Waals surface area contributed by atoms with Gasteiger partial charge in [-0.05, 0) is 31.0 Å². The molecule has 0 spiro atoms. The van der Waals surface area contributed by atoms with Crippen molar-refractivity contribution in [3.05, 3.63) is 82.5 Å². The maximum absolute atomic E-state index is 13.1. The van der Waals surface area contributed by atoms with Crippen LogP contribution in [0.2, 0.25) is 0 Å². The number of rotatable bonds is 8. The van der Waals surface area contributed by atoms with E-state index in [1.807, 2.05) is 60.3 Å². The van der Waals surface area contributed by atoms with Crippen LogP contribution < -0.4 is 5.32 Å². The van der Waals surface area contributed by atoms with Crippen molar-refractivity contribution in [1.82, 2.24) is 19.6 Å². The molecule has 0 aliphatic rings. The molecule has 3 aromatic heterocycles. The molecule has 0 aliphatic carbocycles. The zero-order valence-corrected chi connectivity index (χ0v) is 17.4. The van der Waals surface area contributed by atoms with E-state index in [-0.39, 0.29) is 5.91 Å². The second-order valence-electron chi connectivity index (χ2n) is 7.04. The molecule has 29 heavy (non-hydrogen) atoms. The van der Waals surface area contributed by atoms with Crippen LogP contribution in [0.1, 0.15) is 33.3 Å². The number of fused-ring (bicyclic) bond motifs is 1. The summed E-state index contributed by atoms with van der Waals surface area (Å²) >= 11 is 1.53. The second-order valence-corrected chi connectivity index (χ2v) is 7.91. The number of thiazole rings is 1. The fourth-order valence-corrected chi connectivity index (χ4v) is 4.01. The van der Waals surface area contributed by atoms with Crippen LogP contribution in [0.4, 0.5) is 0 Å². The zero-order valence-electron chi connectivity index (χ0n) is 16.6. The van der Waals surface area contributed by atoms with Gasteiger partial charge in [0.15, 0.2) is 10.7 Å². The smallest absolute Gasteiger partial charge is 0.274 e.